The first kappa shape index (κ1) is 21.7. The summed E-state index contributed by atoms with van der Waals surface area (Å²) in [4.78, 5) is 32.2. The van der Waals surface area contributed by atoms with Crippen molar-refractivity contribution in [3.8, 4) is 0 Å². The number of hydrogen-bond acceptors (Lipinski definition) is 4. The molecule has 2 aromatic carbocycles. The minimum Gasteiger partial charge on any atom is -0.364 e. The van der Waals surface area contributed by atoms with Crippen LogP contribution in [0.25, 0.3) is 0 Å². The Morgan fingerprint density at radius 1 is 1.00 bits per heavy atom. The van der Waals surface area contributed by atoms with E-state index in [1.165, 1.54) is 5.56 Å². The molecule has 1 aliphatic carbocycles. The zero-order chi connectivity index (χ0) is 23.8. The Bertz CT molecular complexity index is 1220. The van der Waals surface area contributed by atoms with E-state index in [4.69, 9.17) is 0 Å². The van der Waals surface area contributed by atoms with Gasteiger partial charge in [-0.2, -0.15) is 5.10 Å². The van der Waals surface area contributed by atoms with E-state index in [2.05, 4.69) is 32.5 Å². The van der Waals surface area contributed by atoms with Crippen LogP contribution < -0.4 is 15.1 Å². The van der Waals surface area contributed by atoms with Crippen molar-refractivity contribution in [1.82, 2.24) is 20.4 Å². The molecular formula is C27H30N6O2. The van der Waals surface area contributed by atoms with Crippen LogP contribution in [0.15, 0.2) is 60.9 Å². The van der Waals surface area contributed by atoms with Gasteiger partial charge in [0.05, 0.1) is 17.6 Å². The molecule has 0 radical (unpaired) electrons. The Hall–Kier alpha value is -3.81. The molecule has 1 unspecified atom stereocenters. The van der Waals surface area contributed by atoms with Gasteiger partial charge < -0.3 is 15.1 Å². The molecule has 2 aliphatic heterocycles. The molecule has 8 heteroatoms. The maximum Gasteiger partial charge on any atom is 0.324 e. The second-order valence-corrected chi connectivity index (χ2v) is 9.76. The van der Waals surface area contributed by atoms with E-state index in [1.54, 1.807) is 0 Å². The van der Waals surface area contributed by atoms with Gasteiger partial charge in [0.2, 0.25) is 0 Å². The normalized spacial score (nSPS) is 19.5. The van der Waals surface area contributed by atoms with E-state index >= 15 is 0 Å². The molecule has 35 heavy (non-hydrogen) atoms. The highest BCUT2D eigenvalue weighted by Crippen LogP contribution is 2.36. The summed E-state index contributed by atoms with van der Waals surface area (Å²) in [5.74, 6) is 0.336. The van der Waals surface area contributed by atoms with E-state index in [9.17, 15) is 9.59 Å². The molecule has 3 amide bonds. The Morgan fingerprint density at radius 3 is 2.66 bits per heavy atom. The minimum atomic E-state index is 0.00417. The Balaban J connectivity index is 1.17. The highest BCUT2D eigenvalue weighted by molar-refractivity contribution is 5.97. The molecule has 1 saturated heterocycles. The van der Waals surface area contributed by atoms with Crippen LogP contribution in [0.4, 0.5) is 16.2 Å². The Morgan fingerprint density at radius 2 is 1.86 bits per heavy atom. The fraction of sp³-hybridized carbons (Fsp3) is 0.370. The first-order valence-electron chi connectivity index (χ1n) is 12.4. The van der Waals surface area contributed by atoms with Gasteiger partial charge in [-0.3, -0.25) is 14.8 Å². The summed E-state index contributed by atoms with van der Waals surface area (Å²) in [6.45, 7) is 3.53. The number of urea groups is 1. The number of rotatable bonds is 5. The molecule has 3 aliphatic rings. The number of benzene rings is 2. The Labute approximate surface area is 204 Å². The number of aromatic nitrogens is 2. The van der Waals surface area contributed by atoms with Crippen molar-refractivity contribution in [2.45, 2.75) is 37.8 Å². The molecule has 3 heterocycles. The second kappa shape index (κ2) is 9.09. The predicted molar refractivity (Wildman–Crippen MR) is 135 cm³/mol. The summed E-state index contributed by atoms with van der Waals surface area (Å²) < 4.78 is 0. The van der Waals surface area contributed by atoms with Gasteiger partial charge in [-0.15, -0.1) is 0 Å². The van der Waals surface area contributed by atoms with Crippen LogP contribution in [0.3, 0.4) is 0 Å². The van der Waals surface area contributed by atoms with E-state index in [0.29, 0.717) is 30.6 Å². The predicted octanol–water partition coefficient (Wildman–Crippen LogP) is 3.74. The highest BCUT2D eigenvalue weighted by atomic mass is 16.2. The van der Waals surface area contributed by atoms with Gasteiger partial charge in [0, 0.05) is 56.4 Å². The number of hydrogen-bond donors (Lipinski definition) is 2. The van der Waals surface area contributed by atoms with Crippen molar-refractivity contribution in [3.63, 3.8) is 0 Å². The van der Waals surface area contributed by atoms with Crippen molar-refractivity contribution < 1.29 is 9.59 Å². The van der Waals surface area contributed by atoms with Crippen LogP contribution in [0, 0.1) is 0 Å². The Kier molecular flexibility index (Phi) is 5.64. The van der Waals surface area contributed by atoms with Gasteiger partial charge >= 0.3 is 6.03 Å². The SMILES string of the molecule is O=C(NC1CC1)c1cccc(CN2CCN(C(=O)N3CCC(c4cn[nH]c4)C3)c3ccccc32)c1. The largest absolute Gasteiger partial charge is 0.364 e. The summed E-state index contributed by atoms with van der Waals surface area (Å²) in [5.41, 5.74) is 4.95. The number of amides is 3. The molecule has 6 rings (SSSR count). The number of carbonyl (C=O) groups excluding carboxylic acids is 2. The standard InChI is InChI=1S/C27H30N6O2/c34-26(30-23-8-9-23)20-5-3-4-19(14-20)17-31-12-13-33(25-7-2-1-6-24(25)31)27(35)32-11-10-21(18-32)22-15-28-29-16-22/h1-7,14-16,21,23H,8-13,17-18H2,(H,28,29)(H,30,34). The molecule has 1 aromatic heterocycles. The van der Waals surface area contributed by atoms with Crippen molar-refractivity contribution in [2.75, 3.05) is 36.0 Å². The van der Waals surface area contributed by atoms with Crippen LogP contribution in [0.2, 0.25) is 0 Å². The number of para-hydroxylation sites is 2. The first-order valence-corrected chi connectivity index (χ1v) is 12.4. The van der Waals surface area contributed by atoms with Crippen LogP contribution >= 0.6 is 0 Å². The zero-order valence-corrected chi connectivity index (χ0v) is 19.7. The average molecular weight is 471 g/mol. The molecule has 1 atom stereocenters. The monoisotopic (exact) mass is 470 g/mol. The number of nitrogens with zero attached hydrogens (tertiary/aromatic N) is 4. The van der Waals surface area contributed by atoms with Gasteiger partial charge in [-0.05, 0) is 54.7 Å². The van der Waals surface area contributed by atoms with E-state index in [-0.39, 0.29) is 11.9 Å². The number of likely N-dealkylation sites (tertiary alicyclic amines) is 1. The summed E-state index contributed by atoms with van der Waals surface area (Å²) in [6, 6.07) is 16.4. The molecule has 1 saturated carbocycles. The smallest absolute Gasteiger partial charge is 0.324 e. The van der Waals surface area contributed by atoms with Crippen molar-refractivity contribution in [1.29, 1.82) is 0 Å². The van der Waals surface area contributed by atoms with Gasteiger partial charge in [0.1, 0.15) is 0 Å². The summed E-state index contributed by atoms with van der Waals surface area (Å²) in [7, 11) is 0. The number of carbonyl (C=O) groups is 2. The molecule has 0 bridgehead atoms. The van der Waals surface area contributed by atoms with Gasteiger partial charge in [-0.1, -0.05) is 24.3 Å². The van der Waals surface area contributed by atoms with E-state index in [1.807, 2.05) is 58.6 Å². The van der Waals surface area contributed by atoms with Gasteiger partial charge in [-0.25, -0.2) is 4.79 Å². The fourth-order valence-electron chi connectivity index (χ4n) is 5.17. The number of anilines is 2. The van der Waals surface area contributed by atoms with Crippen LogP contribution in [-0.2, 0) is 6.54 Å². The van der Waals surface area contributed by atoms with Crippen LogP contribution in [-0.4, -0.2) is 59.3 Å². The van der Waals surface area contributed by atoms with E-state index in [0.717, 1.165) is 55.8 Å². The van der Waals surface area contributed by atoms with Crippen LogP contribution in [0.1, 0.15) is 46.7 Å². The molecule has 0 spiro atoms. The van der Waals surface area contributed by atoms with Crippen molar-refractivity contribution in [3.05, 3.63) is 77.6 Å². The number of fused-ring (bicyclic) bond motifs is 1. The fourth-order valence-corrected chi connectivity index (χ4v) is 5.17. The molecule has 2 fully saturated rings. The third-order valence-electron chi connectivity index (χ3n) is 7.26. The summed E-state index contributed by atoms with van der Waals surface area (Å²) in [6.07, 6.45) is 6.89. The molecular weight excluding hydrogens is 440 g/mol. The quantitative estimate of drug-likeness (QED) is 0.595. The topological polar surface area (TPSA) is 84.6 Å². The zero-order valence-electron chi connectivity index (χ0n) is 19.7. The molecule has 2 N–H and O–H groups in total. The number of H-pyrrole nitrogens is 1. The lowest BCUT2D eigenvalue weighted by atomic mass is 10.0. The third-order valence-corrected chi connectivity index (χ3v) is 7.26. The van der Waals surface area contributed by atoms with Gasteiger partial charge in [0.25, 0.3) is 5.91 Å². The van der Waals surface area contributed by atoms with E-state index < -0.39 is 0 Å². The number of aromatic amines is 1. The lowest BCUT2D eigenvalue weighted by Gasteiger charge is -2.39. The van der Waals surface area contributed by atoms with Gasteiger partial charge in [0.15, 0.2) is 0 Å². The minimum absolute atomic E-state index is 0.00417. The maximum atomic E-state index is 13.5. The second-order valence-electron chi connectivity index (χ2n) is 9.76. The van der Waals surface area contributed by atoms with Crippen molar-refractivity contribution in [2.24, 2.45) is 0 Å². The number of nitrogens with one attached hydrogen (secondary N) is 2. The molecule has 180 valence electrons. The lowest BCUT2D eigenvalue weighted by molar-refractivity contribution is 0.0951. The lowest BCUT2D eigenvalue weighted by Crippen LogP contribution is -2.49. The maximum absolute atomic E-state index is 13.5. The molecule has 3 aromatic rings. The molecule has 8 nitrogen and oxygen atoms in total. The summed E-state index contributed by atoms with van der Waals surface area (Å²) in [5, 5.41) is 10.0. The highest BCUT2D eigenvalue weighted by Gasteiger charge is 2.34. The third kappa shape index (κ3) is 4.48. The first-order chi connectivity index (χ1) is 17.2. The average Bonchev–Trinajstić information content (AvgIpc) is 3.33. The van der Waals surface area contributed by atoms with Crippen LogP contribution in [0.5, 0.6) is 0 Å². The summed E-state index contributed by atoms with van der Waals surface area (Å²) >= 11 is 0. The van der Waals surface area contributed by atoms with Crippen molar-refractivity contribution >= 4 is 23.3 Å².